The number of anilines is 1. The summed E-state index contributed by atoms with van der Waals surface area (Å²) in [6, 6.07) is 5.45. The number of aromatic nitrogens is 1. The summed E-state index contributed by atoms with van der Waals surface area (Å²) >= 11 is 11.0. The van der Waals surface area contributed by atoms with E-state index in [0.29, 0.717) is 27.7 Å². The van der Waals surface area contributed by atoms with E-state index in [1.165, 1.54) is 0 Å². The molecular formula is C12H8BrClN2OS. The Kier molecular flexibility index (Phi) is 2.84. The van der Waals surface area contributed by atoms with E-state index in [4.69, 9.17) is 21.8 Å². The van der Waals surface area contributed by atoms with E-state index < -0.39 is 0 Å². The standard InChI is InChI=1S/C12H8BrClN2OS/c1-5-2-10(18-11(5)13)12-16-8-3-6(14)7(15)4-9(8)17-12/h2-4H,15H2,1H3. The molecule has 0 aliphatic heterocycles. The first-order chi connectivity index (χ1) is 8.54. The van der Waals surface area contributed by atoms with E-state index in [1.807, 2.05) is 13.0 Å². The number of thiophene rings is 1. The van der Waals surface area contributed by atoms with Crippen molar-refractivity contribution in [2.45, 2.75) is 6.92 Å². The maximum absolute atomic E-state index is 5.96. The molecule has 0 radical (unpaired) electrons. The van der Waals surface area contributed by atoms with Crippen molar-refractivity contribution in [1.29, 1.82) is 0 Å². The van der Waals surface area contributed by atoms with Crippen LogP contribution in [0.4, 0.5) is 5.69 Å². The van der Waals surface area contributed by atoms with Crippen LogP contribution in [0.5, 0.6) is 0 Å². The topological polar surface area (TPSA) is 52.0 Å². The summed E-state index contributed by atoms with van der Waals surface area (Å²) in [6.45, 7) is 2.03. The van der Waals surface area contributed by atoms with Gasteiger partial charge >= 0.3 is 0 Å². The van der Waals surface area contributed by atoms with Gasteiger partial charge in [-0.3, -0.25) is 0 Å². The molecule has 2 N–H and O–H groups in total. The number of fused-ring (bicyclic) bond motifs is 1. The average Bonchev–Trinajstić information content (AvgIpc) is 2.84. The van der Waals surface area contributed by atoms with E-state index in [2.05, 4.69) is 20.9 Å². The second kappa shape index (κ2) is 4.26. The molecule has 3 nitrogen and oxygen atoms in total. The normalized spacial score (nSPS) is 11.3. The van der Waals surface area contributed by atoms with Crippen molar-refractivity contribution >= 4 is 55.7 Å². The van der Waals surface area contributed by atoms with Crippen molar-refractivity contribution in [2.24, 2.45) is 0 Å². The van der Waals surface area contributed by atoms with Gasteiger partial charge in [0.05, 0.1) is 19.4 Å². The lowest BCUT2D eigenvalue weighted by Gasteiger charge is -1.94. The molecule has 3 rings (SSSR count). The van der Waals surface area contributed by atoms with Gasteiger partial charge in [0.1, 0.15) is 5.52 Å². The SMILES string of the molecule is Cc1cc(-c2nc3cc(Cl)c(N)cc3o2)sc1Br. The minimum Gasteiger partial charge on any atom is -0.435 e. The molecule has 6 heteroatoms. The summed E-state index contributed by atoms with van der Waals surface area (Å²) in [7, 11) is 0. The number of halogens is 2. The van der Waals surface area contributed by atoms with Crippen LogP contribution < -0.4 is 5.73 Å². The number of oxazole rings is 1. The highest BCUT2D eigenvalue weighted by molar-refractivity contribution is 9.11. The minimum atomic E-state index is 0.492. The third kappa shape index (κ3) is 1.92. The predicted octanol–water partition coefficient (Wildman–Crippen LogP) is 4.86. The summed E-state index contributed by atoms with van der Waals surface area (Å²) < 4.78 is 6.78. The van der Waals surface area contributed by atoms with Gasteiger partial charge in [0, 0.05) is 6.07 Å². The molecule has 92 valence electrons. The Morgan fingerprint density at radius 1 is 1.39 bits per heavy atom. The molecule has 0 saturated carbocycles. The number of hydrogen-bond donors (Lipinski definition) is 1. The number of rotatable bonds is 1. The Labute approximate surface area is 121 Å². The Balaban J connectivity index is 2.19. The lowest BCUT2D eigenvalue weighted by atomic mass is 10.3. The molecule has 0 bridgehead atoms. The Bertz CT molecular complexity index is 691. The molecule has 0 aliphatic carbocycles. The fraction of sp³-hybridized carbons (Fsp3) is 0.0833. The van der Waals surface area contributed by atoms with E-state index >= 15 is 0 Å². The zero-order chi connectivity index (χ0) is 12.9. The number of aryl methyl sites for hydroxylation is 1. The van der Waals surface area contributed by atoms with E-state index in [0.717, 1.165) is 14.2 Å². The van der Waals surface area contributed by atoms with Crippen LogP contribution in [0.2, 0.25) is 5.02 Å². The molecular weight excluding hydrogens is 336 g/mol. The summed E-state index contributed by atoms with van der Waals surface area (Å²) in [4.78, 5) is 5.40. The minimum absolute atomic E-state index is 0.492. The Morgan fingerprint density at radius 3 is 2.83 bits per heavy atom. The van der Waals surface area contributed by atoms with Crippen LogP contribution >= 0.6 is 38.9 Å². The number of nitrogens with zero attached hydrogens (tertiary/aromatic N) is 1. The zero-order valence-corrected chi connectivity index (χ0v) is 12.5. The molecule has 1 aromatic carbocycles. The lowest BCUT2D eigenvalue weighted by molar-refractivity contribution is 0.622. The third-order valence-corrected chi connectivity index (χ3v) is 5.03. The van der Waals surface area contributed by atoms with Gasteiger partial charge in [-0.1, -0.05) is 11.6 Å². The van der Waals surface area contributed by atoms with Crippen LogP contribution in [0.1, 0.15) is 5.56 Å². The monoisotopic (exact) mass is 342 g/mol. The maximum atomic E-state index is 5.96. The molecule has 0 atom stereocenters. The van der Waals surface area contributed by atoms with Crippen molar-refractivity contribution in [3.8, 4) is 10.8 Å². The van der Waals surface area contributed by atoms with Gasteiger partial charge in [-0.2, -0.15) is 0 Å². The molecule has 0 aliphatic rings. The van der Waals surface area contributed by atoms with Crippen molar-refractivity contribution in [2.75, 3.05) is 5.73 Å². The number of nitrogen functional groups attached to an aromatic ring is 1. The van der Waals surface area contributed by atoms with Crippen molar-refractivity contribution in [3.63, 3.8) is 0 Å². The van der Waals surface area contributed by atoms with Crippen molar-refractivity contribution in [3.05, 3.63) is 32.6 Å². The maximum Gasteiger partial charge on any atom is 0.237 e. The molecule has 0 saturated heterocycles. The largest absolute Gasteiger partial charge is 0.435 e. The van der Waals surface area contributed by atoms with E-state index in [9.17, 15) is 0 Å². The van der Waals surface area contributed by atoms with Gasteiger partial charge < -0.3 is 10.2 Å². The predicted molar refractivity (Wildman–Crippen MR) is 79.2 cm³/mol. The highest BCUT2D eigenvalue weighted by Crippen LogP contribution is 2.36. The molecule has 0 unspecified atom stereocenters. The summed E-state index contributed by atoms with van der Waals surface area (Å²) in [5.41, 5.74) is 8.76. The van der Waals surface area contributed by atoms with Gasteiger partial charge in [-0.05, 0) is 40.5 Å². The van der Waals surface area contributed by atoms with Crippen molar-refractivity contribution < 1.29 is 4.42 Å². The molecule has 3 aromatic rings. The van der Waals surface area contributed by atoms with E-state index in [1.54, 1.807) is 23.5 Å². The second-order valence-electron chi connectivity index (χ2n) is 3.93. The average molecular weight is 344 g/mol. The Morgan fingerprint density at radius 2 is 2.17 bits per heavy atom. The zero-order valence-electron chi connectivity index (χ0n) is 9.33. The highest BCUT2D eigenvalue weighted by atomic mass is 79.9. The summed E-state index contributed by atoms with van der Waals surface area (Å²) in [5, 5.41) is 0.492. The van der Waals surface area contributed by atoms with E-state index in [-0.39, 0.29) is 0 Å². The molecule has 2 aromatic heterocycles. The number of hydrogen-bond acceptors (Lipinski definition) is 4. The van der Waals surface area contributed by atoms with Crippen molar-refractivity contribution in [1.82, 2.24) is 4.98 Å². The fourth-order valence-electron chi connectivity index (χ4n) is 1.63. The van der Waals surface area contributed by atoms with Crippen LogP contribution in [0.3, 0.4) is 0 Å². The van der Waals surface area contributed by atoms with Crippen LogP contribution in [-0.4, -0.2) is 4.98 Å². The molecule has 0 fully saturated rings. The van der Waals surface area contributed by atoms with Gasteiger partial charge in [-0.15, -0.1) is 11.3 Å². The van der Waals surface area contributed by atoms with Crippen LogP contribution in [0.15, 0.2) is 26.4 Å². The molecule has 2 heterocycles. The first-order valence-electron chi connectivity index (χ1n) is 5.16. The van der Waals surface area contributed by atoms with Crippen LogP contribution in [0, 0.1) is 6.92 Å². The fourth-order valence-corrected chi connectivity index (χ4v) is 3.25. The molecule has 18 heavy (non-hydrogen) atoms. The second-order valence-corrected chi connectivity index (χ2v) is 6.71. The number of benzene rings is 1. The van der Waals surface area contributed by atoms with Gasteiger partial charge in [-0.25, -0.2) is 4.98 Å². The smallest absolute Gasteiger partial charge is 0.237 e. The lowest BCUT2D eigenvalue weighted by Crippen LogP contribution is -1.84. The summed E-state index contributed by atoms with van der Waals surface area (Å²) in [6.07, 6.45) is 0. The molecule has 0 spiro atoms. The first-order valence-corrected chi connectivity index (χ1v) is 7.15. The highest BCUT2D eigenvalue weighted by Gasteiger charge is 2.13. The quantitative estimate of drug-likeness (QED) is 0.642. The Hall–Kier alpha value is -1.04. The van der Waals surface area contributed by atoms with Crippen LogP contribution in [0.25, 0.3) is 21.9 Å². The van der Waals surface area contributed by atoms with Crippen LogP contribution in [-0.2, 0) is 0 Å². The van der Waals surface area contributed by atoms with Gasteiger partial charge in [0.15, 0.2) is 5.58 Å². The first kappa shape index (κ1) is 12.0. The third-order valence-electron chi connectivity index (χ3n) is 2.57. The summed E-state index contributed by atoms with van der Waals surface area (Å²) in [5.74, 6) is 0.588. The van der Waals surface area contributed by atoms with Gasteiger partial charge in [0.2, 0.25) is 5.89 Å². The molecule has 0 amide bonds. The van der Waals surface area contributed by atoms with Gasteiger partial charge in [0.25, 0.3) is 0 Å². The number of nitrogens with two attached hydrogens (primary N) is 1.